The number of non-ortho nitro benzene ring substituents is 1. The molecule has 2 aliphatic rings. The summed E-state index contributed by atoms with van der Waals surface area (Å²) in [7, 11) is -4.21. The van der Waals surface area contributed by atoms with Gasteiger partial charge in [0.15, 0.2) is 14.6 Å². The van der Waals surface area contributed by atoms with Crippen molar-refractivity contribution in [2.24, 2.45) is 10.7 Å². The predicted octanol–water partition coefficient (Wildman–Crippen LogP) is 2.17. The minimum Gasteiger partial charge on any atom is -0.386 e. The van der Waals surface area contributed by atoms with Gasteiger partial charge in [0.05, 0.1) is 18.1 Å². The molecule has 0 radical (unpaired) electrons. The molecular formula is C19H17F2N3O5S. The Balaban J connectivity index is 1.99. The van der Waals surface area contributed by atoms with E-state index in [4.69, 9.17) is 10.5 Å². The Labute approximate surface area is 170 Å². The number of nitrogens with two attached hydrogens (primary N) is 1. The molecule has 8 nitrogen and oxygen atoms in total. The van der Waals surface area contributed by atoms with E-state index >= 15 is 0 Å². The molecule has 0 spiro atoms. The standard InChI is InChI=1S/C19H17F2N3O5S/c1-18(11-2-4-12(20)5-3-11)17(22)23-19(10-29-9-16(19)30(18,27)28)14-8-13(24(25)26)6-7-15(14)21/h2-8,16H,9-10H2,1H3,(H2,22,23)/t16-,18+,19-/m1/s1. The summed E-state index contributed by atoms with van der Waals surface area (Å²) in [6.45, 7) is 0.744. The van der Waals surface area contributed by atoms with Gasteiger partial charge in [-0.15, -0.1) is 0 Å². The Morgan fingerprint density at radius 3 is 2.53 bits per heavy atom. The van der Waals surface area contributed by atoms with Crippen molar-refractivity contribution in [3.63, 3.8) is 0 Å². The lowest BCUT2D eigenvalue weighted by molar-refractivity contribution is -0.385. The van der Waals surface area contributed by atoms with Gasteiger partial charge in [0, 0.05) is 17.7 Å². The topological polar surface area (TPSA) is 125 Å². The first kappa shape index (κ1) is 20.4. The number of amidine groups is 1. The molecule has 2 aromatic rings. The van der Waals surface area contributed by atoms with E-state index in [1.54, 1.807) is 0 Å². The van der Waals surface area contributed by atoms with Crippen LogP contribution >= 0.6 is 0 Å². The molecule has 0 saturated carbocycles. The van der Waals surface area contributed by atoms with Gasteiger partial charge >= 0.3 is 0 Å². The van der Waals surface area contributed by atoms with E-state index in [-0.39, 0.29) is 30.2 Å². The number of hydrogen-bond donors (Lipinski definition) is 1. The summed E-state index contributed by atoms with van der Waals surface area (Å²) in [5.74, 6) is -1.74. The average Bonchev–Trinajstić information content (AvgIpc) is 3.12. The van der Waals surface area contributed by atoms with E-state index < -0.39 is 47.6 Å². The molecule has 0 aliphatic carbocycles. The maximum absolute atomic E-state index is 14.8. The highest BCUT2D eigenvalue weighted by atomic mass is 32.2. The Hall–Kier alpha value is -2.92. The summed E-state index contributed by atoms with van der Waals surface area (Å²) in [4.78, 5) is 14.9. The fourth-order valence-corrected chi connectivity index (χ4v) is 6.51. The SMILES string of the molecule is C[C@]1(c2ccc(F)cc2)C(N)=N[C@@]2(c3cc([N+](=O)[O-])ccc3F)COC[C@H]2S1(=O)=O. The first-order chi connectivity index (χ1) is 14.0. The Morgan fingerprint density at radius 1 is 1.23 bits per heavy atom. The highest BCUT2D eigenvalue weighted by Crippen LogP contribution is 2.50. The molecular weight excluding hydrogens is 420 g/mol. The molecule has 2 aromatic carbocycles. The fourth-order valence-electron chi connectivity index (χ4n) is 4.10. The monoisotopic (exact) mass is 437 g/mol. The lowest BCUT2D eigenvalue weighted by Crippen LogP contribution is -2.60. The molecule has 2 N–H and O–H groups in total. The quantitative estimate of drug-likeness (QED) is 0.580. The van der Waals surface area contributed by atoms with Crippen molar-refractivity contribution in [1.82, 2.24) is 0 Å². The van der Waals surface area contributed by atoms with E-state index in [9.17, 15) is 27.3 Å². The van der Waals surface area contributed by atoms with Gasteiger partial charge in [-0.2, -0.15) is 0 Å². The molecule has 1 saturated heterocycles. The predicted molar refractivity (Wildman–Crippen MR) is 104 cm³/mol. The van der Waals surface area contributed by atoms with Crippen LogP contribution in [0.15, 0.2) is 47.5 Å². The molecule has 1 fully saturated rings. The Bertz CT molecular complexity index is 1190. The maximum Gasteiger partial charge on any atom is 0.270 e. The summed E-state index contributed by atoms with van der Waals surface area (Å²) in [5, 5.41) is 9.84. The third-order valence-corrected chi connectivity index (χ3v) is 8.76. The lowest BCUT2D eigenvalue weighted by atomic mass is 9.87. The molecule has 0 bridgehead atoms. The van der Waals surface area contributed by atoms with Gasteiger partial charge < -0.3 is 10.5 Å². The van der Waals surface area contributed by atoms with Crippen LogP contribution < -0.4 is 5.73 Å². The van der Waals surface area contributed by atoms with Crippen LogP contribution in [0.25, 0.3) is 0 Å². The first-order valence-corrected chi connectivity index (χ1v) is 10.5. The maximum atomic E-state index is 14.8. The fraction of sp³-hybridized carbons (Fsp3) is 0.316. The Kier molecular flexibility index (Phi) is 4.44. The number of hydrogen-bond acceptors (Lipinski definition) is 7. The van der Waals surface area contributed by atoms with E-state index in [0.717, 1.165) is 30.3 Å². The second-order valence-corrected chi connectivity index (χ2v) is 9.91. The van der Waals surface area contributed by atoms with Crippen LogP contribution in [0, 0.1) is 21.7 Å². The Morgan fingerprint density at radius 2 is 1.90 bits per heavy atom. The van der Waals surface area contributed by atoms with Crippen LogP contribution in [0.3, 0.4) is 0 Å². The molecule has 0 unspecified atom stereocenters. The largest absolute Gasteiger partial charge is 0.386 e. The zero-order valence-electron chi connectivity index (χ0n) is 15.7. The highest BCUT2D eigenvalue weighted by Gasteiger charge is 2.64. The summed E-state index contributed by atoms with van der Waals surface area (Å²) in [6, 6.07) is 7.64. The van der Waals surface area contributed by atoms with E-state index in [0.29, 0.717) is 0 Å². The minimum atomic E-state index is -4.21. The number of halogens is 2. The van der Waals surface area contributed by atoms with Gasteiger partial charge in [-0.1, -0.05) is 12.1 Å². The minimum absolute atomic E-state index is 0.199. The molecule has 158 valence electrons. The summed E-state index contributed by atoms with van der Waals surface area (Å²) < 4.78 is 59.2. The molecule has 3 atom stereocenters. The first-order valence-electron chi connectivity index (χ1n) is 8.91. The van der Waals surface area contributed by atoms with E-state index in [2.05, 4.69) is 4.99 Å². The third-order valence-electron chi connectivity index (χ3n) is 5.90. The van der Waals surface area contributed by atoms with Crippen molar-refractivity contribution in [3.8, 4) is 0 Å². The van der Waals surface area contributed by atoms with Gasteiger partial charge in [0.1, 0.15) is 28.3 Å². The van der Waals surface area contributed by atoms with Crippen LogP contribution in [0.1, 0.15) is 18.1 Å². The smallest absolute Gasteiger partial charge is 0.270 e. The van der Waals surface area contributed by atoms with Crippen molar-refractivity contribution in [2.45, 2.75) is 22.5 Å². The van der Waals surface area contributed by atoms with Gasteiger partial charge in [-0.25, -0.2) is 17.2 Å². The highest BCUT2D eigenvalue weighted by molar-refractivity contribution is 7.94. The number of nitro benzene ring substituents is 1. The van der Waals surface area contributed by atoms with Crippen LogP contribution in [-0.2, 0) is 24.9 Å². The van der Waals surface area contributed by atoms with Crippen molar-refractivity contribution < 1.29 is 26.9 Å². The van der Waals surface area contributed by atoms with Crippen molar-refractivity contribution in [1.29, 1.82) is 0 Å². The number of benzene rings is 2. The number of fused-ring (bicyclic) bond motifs is 1. The number of sulfone groups is 1. The van der Waals surface area contributed by atoms with Gasteiger partial charge in [-0.05, 0) is 30.7 Å². The van der Waals surface area contributed by atoms with Crippen LogP contribution in [0.5, 0.6) is 0 Å². The molecule has 2 aliphatic heterocycles. The van der Waals surface area contributed by atoms with Crippen LogP contribution in [0.2, 0.25) is 0 Å². The number of nitro groups is 1. The molecule has 0 amide bonds. The third kappa shape index (κ3) is 2.58. The summed E-state index contributed by atoms with van der Waals surface area (Å²) >= 11 is 0. The molecule has 0 aromatic heterocycles. The number of ether oxygens (including phenoxy) is 1. The zero-order valence-corrected chi connectivity index (χ0v) is 16.5. The van der Waals surface area contributed by atoms with Crippen molar-refractivity contribution in [2.75, 3.05) is 13.2 Å². The van der Waals surface area contributed by atoms with E-state index in [1.165, 1.54) is 19.1 Å². The zero-order chi connectivity index (χ0) is 21.9. The summed E-state index contributed by atoms with van der Waals surface area (Å²) in [5.41, 5.74) is 3.90. The second kappa shape index (κ2) is 6.54. The van der Waals surface area contributed by atoms with Gasteiger partial charge in [0.2, 0.25) is 0 Å². The normalized spacial score (nSPS) is 29.8. The lowest BCUT2D eigenvalue weighted by Gasteiger charge is -2.42. The van der Waals surface area contributed by atoms with Gasteiger partial charge in [0.25, 0.3) is 5.69 Å². The summed E-state index contributed by atoms with van der Waals surface area (Å²) in [6.07, 6.45) is 0. The molecule has 2 heterocycles. The number of rotatable bonds is 3. The second-order valence-electron chi connectivity index (χ2n) is 7.43. The molecule has 11 heteroatoms. The molecule has 4 rings (SSSR count). The number of nitrogens with zero attached hydrogens (tertiary/aromatic N) is 2. The molecule has 30 heavy (non-hydrogen) atoms. The van der Waals surface area contributed by atoms with Crippen LogP contribution in [-0.4, -0.2) is 37.6 Å². The van der Waals surface area contributed by atoms with Crippen molar-refractivity contribution in [3.05, 3.63) is 75.3 Å². The van der Waals surface area contributed by atoms with Crippen molar-refractivity contribution >= 4 is 21.4 Å². The van der Waals surface area contributed by atoms with E-state index in [1.807, 2.05) is 0 Å². The van der Waals surface area contributed by atoms with Gasteiger partial charge in [-0.3, -0.25) is 15.1 Å². The number of aliphatic imine (C=N–C) groups is 1. The van der Waals surface area contributed by atoms with Crippen LogP contribution in [0.4, 0.5) is 14.5 Å². The average molecular weight is 437 g/mol.